The van der Waals surface area contributed by atoms with Gasteiger partial charge in [0.15, 0.2) is 0 Å². The molecule has 0 fully saturated rings. The Kier molecular flexibility index (Phi) is 4.96. The Balaban J connectivity index is 1.76. The summed E-state index contributed by atoms with van der Waals surface area (Å²) in [6.45, 7) is 0.515. The van der Waals surface area contributed by atoms with Gasteiger partial charge in [-0.2, -0.15) is 0 Å². The summed E-state index contributed by atoms with van der Waals surface area (Å²) in [5, 5.41) is 2.88. The van der Waals surface area contributed by atoms with Crippen LogP contribution >= 0.6 is 0 Å². The summed E-state index contributed by atoms with van der Waals surface area (Å²) in [6.07, 6.45) is 3.43. The number of nitrogens with zero attached hydrogens (tertiary/aromatic N) is 1. The molecule has 1 aromatic carbocycles. The van der Waals surface area contributed by atoms with Crippen LogP contribution in [0.3, 0.4) is 0 Å². The molecule has 4 heteroatoms. The van der Waals surface area contributed by atoms with Crippen LogP contribution in [0.1, 0.15) is 17.7 Å². The summed E-state index contributed by atoms with van der Waals surface area (Å²) in [7, 11) is 1.96. The van der Waals surface area contributed by atoms with Crippen molar-refractivity contribution in [2.75, 3.05) is 0 Å². The van der Waals surface area contributed by atoms with E-state index in [0.717, 1.165) is 12.1 Å². The van der Waals surface area contributed by atoms with Crippen LogP contribution in [0.4, 0.5) is 0 Å². The molecule has 1 heterocycles. The summed E-state index contributed by atoms with van der Waals surface area (Å²) in [5.41, 5.74) is 8.19. The van der Waals surface area contributed by atoms with Crippen molar-refractivity contribution in [1.29, 1.82) is 0 Å². The number of carbonyl (C=O) groups is 1. The van der Waals surface area contributed by atoms with Crippen LogP contribution in [0.2, 0.25) is 0 Å². The predicted molar refractivity (Wildman–Crippen MR) is 80.0 cm³/mol. The molecule has 1 unspecified atom stereocenters. The number of amides is 1. The highest BCUT2D eigenvalue weighted by molar-refractivity contribution is 5.81. The molecule has 106 valence electrons. The molecular weight excluding hydrogens is 250 g/mol. The summed E-state index contributed by atoms with van der Waals surface area (Å²) >= 11 is 0. The Bertz CT molecular complexity index is 548. The normalized spacial score (nSPS) is 12.1. The molecule has 3 N–H and O–H groups in total. The van der Waals surface area contributed by atoms with Gasteiger partial charge in [0.05, 0.1) is 12.6 Å². The molecule has 0 aliphatic rings. The second-order valence-corrected chi connectivity index (χ2v) is 4.96. The molecule has 0 aliphatic heterocycles. The molecular formula is C16H21N3O. The molecule has 1 atom stereocenters. The Labute approximate surface area is 119 Å². The molecule has 0 bridgehead atoms. The molecule has 0 radical (unpaired) electrons. The quantitative estimate of drug-likeness (QED) is 0.838. The minimum absolute atomic E-state index is 0.0952. The van der Waals surface area contributed by atoms with Gasteiger partial charge in [-0.3, -0.25) is 4.79 Å². The minimum atomic E-state index is -0.463. The molecule has 0 aliphatic carbocycles. The number of nitrogens with two attached hydrogens (primary N) is 1. The van der Waals surface area contributed by atoms with Crippen LogP contribution in [0, 0.1) is 0 Å². The number of benzene rings is 1. The van der Waals surface area contributed by atoms with Gasteiger partial charge in [-0.05, 0) is 30.5 Å². The average molecular weight is 271 g/mol. The van der Waals surface area contributed by atoms with E-state index in [9.17, 15) is 4.79 Å². The van der Waals surface area contributed by atoms with E-state index in [0.29, 0.717) is 13.0 Å². The monoisotopic (exact) mass is 271 g/mol. The van der Waals surface area contributed by atoms with Crippen molar-refractivity contribution in [3.63, 3.8) is 0 Å². The third kappa shape index (κ3) is 3.96. The average Bonchev–Trinajstić information content (AvgIpc) is 2.88. The van der Waals surface area contributed by atoms with Gasteiger partial charge in [0.2, 0.25) is 5.91 Å². The first-order chi connectivity index (χ1) is 9.66. The van der Waals surface area contributed by atoms with Gasteiger partial charge >= 0.3 is 0 Å². The fraction of sp³-hybridized carbons (Fsp3) is 0.312. The van der Waals surface area contributed by atoms with E-state index >= 15 is 0 Å². The van der Waals surface area contributed by atoms with Gasteiger partial charge in [0, 0.05) is 18.9 Å². The fourth-order valence-electron chi connectivity index (χ4n) is 2.09. The molecule has 0 spiro atoms. The lowest BCUT2D eigenvalue weighted by Crippen LogP contribution is -2.40. The predicted octanol–water partition coefficient (Wildman–Crippen LogP) is 1.60. The molecule has 1 aromatic heterocycles. The first-order valence-corrected chi connectivity index (χ1v) is 6.84. The van der Waals surface area contributed by atoms with Crippen LogP contribution in [-0.4, -0.2) is 16.5 Å². The zero-order valence-corrected chi connectivity index (χ0v) is 11.8. The van der Waals surface area contributed by atoms with Gasteiger partial charge < -0.3 is 15.6 Å². The molecule has 2 aromatic rings. The number of hydrogen-bond acceptors (Lipinski definition) is 2. The van der Waals surface area contributed by atoms with E-state index in [1.165, 1.54) is 5.56 Å². The smallest absolute Gasteiger partial charge is 0.237 e. The number of hydrogen-bond donors (Lipinski definition) is 2. The summed E-state index contributed by atoms with van der Waals surface area (Å²) < 4.78 is 1.98. The van der Waals surface area contributed by atoms with Crippen molar-refractivity contribution in [2.24, 2.45) is 12.8 Å². The van der Waals surface area contributed by atoms with Crippen molar-refractivity contribution in [2.45, 2.75) is 25.4 Å². The highest BCUT2D eigenvalue weighted by Gasteiger charge is 2.13. The van der Waals surface area contributed by atoms with E-state index in [1.807, 2.05) is 48.1 Å². The minimum Gasteiger partial charge on any atom is -0.353 e. The lowest BCUT2D eigenvalue weighted by molar-refractivity contribution is -0.122. The number of carbonyl (C=O) groups excluding carboxylic acids is 1. The molecule has 20 heavy (non-hydrogen) atoms. The summed E-state index contributed by atoms with van der Waals surface area (Å²) in [5.74, 6) is -0.0952. The Hall–Kier alpha value is -2.07. The third-order valence-electron chi connectivity index (χ3n) is 3.42. The van der Waals surface area contributed by atoms with Crippen LogP contribution in [0.25, 0.3) is 0 Å². The first kappa shape index (κ1) is 14.3. The molecule has 2 rings (SSSR count). The van der Waals surface area contributed by atoms with Crippen molar-refractivity contribution in [3.05, 3.63) is 59.9 Å². The van der Waals surface area contributed by atoms with Gasteiger partial charge in [-0.15, -0.1) is 0 Å². The largest absolute Gasteiger partial charge is 0.353 e. The zero-order chi connectivity index (χ0) is 14.4. The Morgan fingerprint density at radius 3 is 2.65 bits per heavy atom. The standard InChI is InChI=1S/C16H21N3O/c1-19-11-5-8-14(19)12-18-16(20)15(17)10-9-13-6-3-2-4-7-13/h2-8,11,15H,9-10,12,17H2,1H3,(H,18,20). The lowest BCUT2D eigenvalue weighted by Gasteiger charge is -2.12. The van der Waals surface area contributed by atoms with Crippen molar-refractivity contribution < 1.29 is 4.79 Å². The van der Waals surface area contributed by atoms with Crippen LogP contribution in [0.15, 0.2) is 48.7 Å². The summed E-state index contributed by atoms with van der Waals surface area (Å²) in [6, 6.07) is 13.5. The third-order valence-corrected chi connectivity index (χ3v) is 3.42. The molecule has 0 saturated carbocycles. The van der Waals surface area contributed by atoms with Crippen LogP contribution in [-0.2, 0) is 24.8 Å². The van der Waals surface area contributed by atoms with Crippen LogP contribution in [0.5, 0.6) is 0 Å². The highest BCUT2D eigenvalue weighted by atomic mass is 16.2. The van der Waals surface area contributed by atoms with Gasteiger partial charge in [0.25, 0.3) is 0 Å². The van der Waals surface area contributed by atoms with Crippen molar-refractivity contribution >= 4 is 5.91 Å². The number of aromatic nitrogens is 1. The van der Waals surface area contributed by atoms with Gasteiger partial charge in [-0.25, -0.2) is 0 Å². The SMILES string of the molecule is Cn1cccc1CNC(=O)C(N)CCc1ccccc1. The highest BCUT2D eigenvalue weighted by Crippen LogP contribution is 2.04. The Morgan fingerprint density at radius 2 is 2.00 bits per heavy atom. The van der Waals surface area contributed by atoms with Gasteiger partial charge in [0.1, 0.15) is 0 Å². The van der Waals surface area contributed by atoms with Crippen LogP contribution < -0.4 is 11.1 Å². The maximum atomic E-state index is 11.9. The lowest BCUT2D eigenvalue weighted by atomic mass is 10.1. The first-order valence-electron chi connectivity index (χ1n) is 6.84. The molecule has 1 amide bonds. The zero-order valence-electron chi connectivity index (χ0n) is 11.8. The van der Waals surface area contributed by atoms with E-state index in [2.05, 4.69) is 17.4 Å². The molecule has 0 saturated heterocycles. The second-order valence-electron chi connectivity index (χ2n) is 4.96. The van der Waals surface area contributed by atoms with Gasteiger partial charge in [-0.1, -0.05) is 30.3 Å². The number of rotatable bonds is 6. The Morgan fingerprint density at radius 1 is 1.25 bits per heavy atom. The fourth-order valence-corrected chi connectivity index (χ4v) is 2.09. The number of nitrogens with one attached hydrogen (secondary N) is 1. The van der Waals surface area contributed by atoms with E-state index < -0.39 is 6.04 Å². The summed E-state index contributed by atoms with van der Waals surface area (Å²) in [4.78, 5) is 11.9. The van der Waals surface area contributed by atoms with E-state index in [1.54, 1.807) is 0 Å². The second kappa shape index (κ2) is 6.91. The maximum absolute atomic E-state index is 11.9. The van der Waals surface area contributed by atoms with Crippen molar-refractivity contribution in [1.82, 2.24) is 9.88 Å². The maximum Gasteiger partial charge on any atom is 0.237 e. The molecule has 4 nitrogen and oxygen atoms in total. The van der Waals surface area contributed by atoms with E-state index in [-0.39, 0.29) is 5.91 Å². The van der Waals surface area contributed by atoms with Crippen molar-refractivity contribution in [3.8, 4) is 0 Å². The van der Waals surface area contributed by atoms with E-state index in [4.69, 9.17) is 5.73 Å². The number of aryl methyl sites for hydroxylation is 2. The topological polar surface area (TPSA) is 60.0 Å².